The number of hydrogen-bond acceptors (Lipinski definition) is 4. The minimum atomic E-state index is -3.78. The normalized spacial score (nSPS) is 16.6. The van der Waals surface area contributed by atoms with Gasteiger partial charge >= 0.3 is 0 Å². The Bertz CT molecular complexity index is 699. The van der Waals surface area contributed by atoms with Crippen LogP contribution in [0.25, 0.3) is 0 Å². The smallest absolute Gasteiger partial charge is 0.246 e. The summed E-state index contributed by atoms with van der Waals surface area (Å²) in [6.07, 6.45) is 1.70. The largest absolute Gasteiger partial charge is 0.382 e. The molecule has 0 atom stereocenters. The molecule has 0 spiro atoms. The average Bonchev–Trinajstić information content (AvgIpc) is 2.61. The molecule has 0 bridgehead atoms. The van der Waals surface area contributed by atoms with Crippen molar-refractivity contribution in [3.05, 3.63) is 28.2 Å². The van der Waals surface area contributed by atoms with Crippen molar-refractivity contribution in [2.45, 2.75) is 31.1 Å². The number of rotatable bonds is 8. The number of nitrogens with one attached hydrogen (secondary N) is 1. The molecule has 0 aliphatic carbocycles. The van der Waals surface area contributed by atoms with E-state index in [0.717, 1.165) is 6.42 Å². The maximum atomic E-state index is 12.8. The van der Waals surface area contributed by atoms with Crippen LogP contribution in [0.15, 0.2) is 23.1 Å². The number of carbonyl (C=O) groups is 1. The standard InChI is InChI=1S/C17H24Cl2N2O4S/c1-2-25-12-4-9-20-17(22)13-7-10-21(11-8-13)26(23,24)16-14(18)5-3-6-15(16)19/h3,5-6,13H,2,4,7-12H2,1H3,(H,20,22). The molecule has 1 amide bonds. The summed E-state index contributed by atoms with van der Waals surface area (Å²) in [7, 11) is -3.78. The van der Waals surface area contributed by atoms with Crippen LogP contribution >= 0.6 is 23.2 Å². The number of halogens is 2. The highest BCUT2D eigenvalue weighted by molar-refractivity contribution is 7.89. The van der Waals surface area contributed by atoms with Crippen LogP contribution in [0.1, 0.15) is 26.2 Å². The number of ether oxygens (including phenoxy) is 1. The summed E-state index contributed by atoms with van der Waals surface area (Å²) < 4.78 is 32.2. The van der Waals surface area contributed by atoms with Gasteiger partial charge < -0.3 is 10.1 Å². The molecule has 1 fully saturated rings. The van der Waals surface area contributed by atoms with Crippen LogP contribution in [0.4, 0.5) is 0 Å². The second kappa shape index (κ2) is 9.90. The summed E-state index contributed by atoms with van der Waals surface area (Å²) in [6, 6.07) is 4.61. The molecule has 1 saturated heterocycles. The van der Waals surface area contributed by atoms with Crippen molar-refractivity contribution in [3.8, 4) is 0 Å². The maximum absolute atomic E-state index is 12.8. The number of hydrogen-bond donors (Lipinski definition) is 1. The van der Waals surface area contributed by atoms with Crippen molar-refractivity contribution in [1.82, 2.24) is 9.62 Å². The predicted molar refractivity (Wildman–Crippen MR) is 102 cm³/mol. The molecule has 9 heteroatoms. The molecule has 146 valence electrons. The summed E-state index contributed by atoms with van der Waals surface area (Å²) in [5.41, 5.74) is 0. The zero-order valence-electron chi connectivity index (χ0n) is 14.7. The van der Waals surface area contributed by atoms with Crippen molar-refractivity contribution < 1.29 is 17.9 Å². The number of carbonyl (C=O) groups excluding carboxylic acids is 1. The van der Waals surface area contributed by atoms with Gasteiger partial charge in [0.2, 0.25) is 15.9 Å². The molecule has 0 saturated carbocycles. The highest BCUT2D eigenvalue weighted by Gasteiger charge is 2.34. The Labute approximate surface area is 164 Å². The van der Waals surface area contributed by atoms with Gasteiger partial charge in [-0.2, -0.15) is 4.31 Å². The van der Waals surface area contributed by atoms with E-state index in [0.29, 0.717) is 32.6 Å². The minimum Gasteiger partial charge on any atom is -0.382 e. The molecule has 26 heavy (non-hydrogen) atoms. The third-order valence-electron chi connectivity index (χ3n) is 4.31. The van der Waals surface area contributed by atoms with E-state index < -0.39 is 10.0 Å². The molecule has 2 rings (SSSR count). The summed E-state index contributed by atoms with van der Waals surface area (Å²) in [5.74, 6) is -0.218. The van der Waals surface area contributed by atoms with E-state index in [1.165, 1.54) is 16.4 Å². The van der Waals surface area contributed by atoms with Crippen molar-refractivity contribution in [2.75, 3.05) is 32.8 Å². The lowest BCUT2D eigenvalue weighted by atomic mass is 9.97. The van der Waals surface area contributed by atoms with E-state index in [4.69, 9.17) is 27.9 Å². The van der Waals surface area contributed by atoms with Crippen molar-refractivity contribution >= 4 is 39.1 Å². The summed E-state index contributed by atoms with van der Waals surface area (Å²) in [4.78, 5) is 12.1. The first-order valence-corrected chi connectivity index (χ1v) is 10.9. The highest BCUT2D eigenvalue weighted by Crippen LogP contribution is 2.33. The number of amides is 1. The van der Waals surface area contributed by atoms with Gasteiger partial charge in [-0.15, -0.1) is 0 Å². The molecule has 1 N–H and O–H groups in total. The number of sulfonamides is 1. The Morgan fingerprint density at radius 2 is 1.88 bits per heavy atom. The lowest BCUT2D eigenvalue weighted by molar-refractivity contribution is -0.126. The second-order valence-corrected chi connectivity index (χ2v) is 8.76. The molecule has 1 heterocycles. The molecular formula is C17H24Cl2N2O4S. The van der Waals surface area contributed by atoms with Gasteiger partial charge in [0.25, 0.3) is 0 Å². The van der Waals surface area contributed by atoms with Gasteiger partial charge in [0, 0.05) is 38.8 Å². The summed E-state index contributed by atoms with van der Waals surface area (Å²) in [6.45, 7) is 4.30. The van der Waals surface area contributed by atoms with E-state index >= 15 is 0 Å². The van der Waals surface area contributed by atoms with Gasteiger partial charge in [-0.05, 0) is 38.3 Å². The number of nitrogens with zero attached hydrogens (tertiary/aromatic N) is 1. The minimum absolute atomic E-state index is 0.0330. The Kier molecular flexibility index (Phi) is 8.16. The van der Waals surface area contributed by atoms with Crippen LogP contribution in [-0.4, -0.2) is 51.5 Å². The quantitative estimate of drug-likeness (QED) is 0.653. The lowest BCUT2D eigenvalue weighted by Gasteiger charge is -2.31. The SMILES string of the molecule is CCOCCCNC(=O)C1CCN(S(=O)(=O)c2c(Cl)cccc2Cl)CC1. The molecule has 0 radical (unpaired) electrons. The molecule has 1 aromatic carbocycles. The first-order chi connectivity index (χ1) is 12.4. The van der Waals surface area contributed by atoms with Crippen LogP contribution in [0.5, 0.6) is 0 Å². The fourth-order valence-corrected chi connectivity index (χ4v) is 5.45. The first-order valence-electron chi connectivity index (χ1n) is 8.67. The van der Waals surface area contributed by atoms with Gasteiger partial charge in [-0.1, -0.05) is 29.3 Å². The topological polar surface area (TPSA) is 75.7 Å². The van der Waals surface area contributed by atoms with E-state index in [-0.39, 0.29) is 39.9 Å². The molecular weight excluding hydrogens is 399 g/mol. The zero-order chi connectivity index (χ0) is 19.2. The predicted octanol–water partition coefficient (Wildman–Crippen LogP) is 2.94. The van der Waals surface area contributed by atoms with Crippen LogP contribution < -0.4 is 5.32 Å². The van der Waals surface area contributed by atoms with Crippen LogP contribution in [0.2, 0.25) is 10.0 Å². The van der Waals surface area contributed by atoms with E-state index in [1.54, 1.807) is 6.07 Å². The molecule has 1 aliphatic heterocycles. The molecule has 1 aliphatic rings. The number of benzene rings is 1. The zero-order valence-corrected chi connectivity index (χ0v) is 17.0. The molecule has 0 aromatic heterocycles. The van der Waals surface area contributed by atoms with Crippen molar-refractivity contribution in [3.63, 3.8) is 0 Å². The maximum Gasteiger partial charge on any atom is 0.246 e. The Morgan fingerprint density at radius 3 is 2.46 bits per heavy atom. The Balaban J connectivity index is 1.90. The van der Waals surface area contributed by atoms with Crippen LogP contribution in [0.3, 0.4) is 0 Å². The van der Waals surface area contributed by atoms with E-state index in [2.05, 4.69) is 5.32 Å². The third-order valence-corrected chi connectivity index (χ3v) is 7.17. The first kappa shape index (κ1) is 21.4. The Hall–Kier alpha value is -0.860. The van der Waals surface area contributed by atoms with Gasteiger partial charge in [0.15, 0.2) is 0 Å². The average molecular weight is 423 g/mol. The summed E-state index contributed by atoms with van der Waals surface area (Å²) in [5, 5.41) is 3.09. The van der Waals surface area contributed by atoms with E-state index in [9.17, 15) is 13.2 Å². The molecule has 0 unspecified atom stereocenters. The van der Waals surface area contributed by atoms with Gasteiger partial charge in [0.05, 0.1) is 10.0 Å². The van der Waals surface area contributed by atoms with Crippen LogP contribution in [0, 0.1) is 5.92 Å². The van der Waals surface area contributed by atoms with Gasteiger partial charge in [0.1, 0.15) is 4.90 Å². The molecule has 6 nitrogen and oxygen atoms in total. The summed E-state index contributed by atoms with van der Waals surface area (Å²) >= 11 is 12.1. The fraction of sp³-hybridized carbons (Fsp3) is 0.588. The van der Waals surface area contributed by atoms with Crippen molar-refractivity contribution in [2.24, 2.45) is 5.92 Å². The second-order valence-electron chi connectivity index (χ2n) is 6.07. The Morgan fingerprint density at radius 1 is 1.27 bits per heavy atom. The number of piperidine rings is 1. The van der Waals surface area contributed by atoms with Gasteiger partial charge in [-0.25, -0.2) is 8.42 Å². The third kappa shape index (κ3) is 5.33. The monoisotopic (exact) mass is 422 g/mol. The van der Waals surface area contributed by atoms with Crippen LogP contribution in [-0.2, 0) is 19.6 Å². The van der Waals surface area contributed by atoms with E-state index in [1.807, 2.05) is 6.92 Å². The lowest BCUT2D eigenvalue weighted by Crippen LogP contribution is -2.43. The highest BCUT2D eigenvalue weighted by atomic mass is 35.5. The van der Waals surface area contributed by atoms with Gasteiger partial charge in [-0.3, -0.25) is 4.79 Å². The molecule has 1 aromatic rings. The van der Waals surface area contributed by atoms with Crippen molar-refractivity contribution in [1.29, 1.82) is 0 Å². The fourth-order valence-electron chi connectivity index (χ4n) is 2.89.